The van der Waals surface area contributed by atoms with Crippen molar-refractivity contribution in [1.82, 2.24) is 9.80 Å². The average Bonchev–Trinajstić information content (AvgIpc) is 3.39. The lowest BCUT2D eigenvalue weighted by Crippen LogP contribution is -2.48. The average molecular weight is 498 g/mol. The Hall–Kier alpha value is -3.90. The van der Waals surface area contributed by atoms with Crippen molar-refractivity contribution in [2.45, 2.75) is 26.6 Å². The fourth-order valence-corrected chi connectivity index (χ4v) is 4.90. The number of furan rings is 1. The van der Waals surface area contributed by atoms with Crippen molar-refractivity contribution in [1.29, 1.82) is 0 Å². The van der Waals surface area contributed by atoms with Crippen LogP contribution in [-0.4, -0.2) is 41.9 Å². The lowest BCUT2D eigenvalue weighted by atomic mass is 10.1. The van der Waals surface area contributed by atoms with Crippen molar-refractivity contribution >= 4 is 11.6 Å². The fourth-order valence-electron chi connectivity index (χ4n) is 4.90. The molecular formula is C31H32FN3O2. The van der Waals surface area contributed by atoms with Gasteiger partial charge in [-0.25, -0.2) is 4.39 Å². The molecule has 190 valence electrons. The predicted octanol–water partition coefficient (Wildman–Crippen LogP) is 5.89. The number of carbonyl (C=O) groups excluding carboxylic acids is 1. The fraction of sp³-hybridized carbons (Fsp3) is 0.258. The van der Waals surface area contributed by atoms with Gasteiger partial charge in [0.05, 0.1) is 6.54 Å². The van der Waals surface area contributed by atoms with E-state index < -0.39 is 0 Å². The van der Waals surface area contributed by atoms with E-state index in [0.717, 1.165) is 18.7 Å². The van der Waals surface area contributed by atoms with Gasteiger partial charge in [0.25, 0.3) is 5.91 Å². The number of anilines is 1. The van der Waals surface area contributed by atoms with E-state index in [1.807, 2.05) is 41.3 Å². The Labute approximate surface area is 217 Å². The van der Waals surface area contributed by atoms with Gasteiger partial charge in [-0.3, -0.25) is 9.69 Å². The maximum atomic E-state index is 14.4. The Morgan fingerprint density at radius 2 is 1.51 bits per heavy atom. The molecule has 0 saturated carbocycles. The molecular weight excluding hydrogens is 465 g/mol. The zero-order valence-electron chi connectivity index (χ0n) is 21.1. The third-order valence-electron chi connectivity index (χ3n) is 6.88. The second kappa shape index (κ2) is 11.4. The molecule has 37 heavy (non-hydrogen) atoms. The van der Waals surface area contributed by atoms with Crippen LogP contribution >= 0.6 is 0 Å². The van der Waals surface area contributed by atoms with E-state index in [1.54, 1.807) is 18.2 Å². The van der Waals surface area contributed by atoms with E-state index >= 15 is 0 Å². The van der Waals surface area contributed by atoms with Crippen LogP contribution in [0, 0.1) is 12.7 Å². The number of carbonyl (C=O) groups is 1. The highest BCUT2D eigenvalue weighted by Gasteiger charge is 2.25. The number of hydrogen-bond donors (Lipinski definition) is 0. The van der Waals surface area contributed by atoms with Crippen LogP contribution in [0.2, 0.25) is 0 Å². The minimum atomic E-state index is -0.222. The number of para-hydroxylation sites is 1. The largest absolute Gasteiger partial charge is 0.455 e. The van der Waals surface area contributed by atoms with Gasteiger partial charge < -0.3 is 14.2 Å². The zero-order valence-corrected chi connectivity index (χ0v) is 21.1. The number of piperazine rings is 1. The second-order valence-corrected chi connectivity index (χ2v) is 9.55. The summed E-state index contributed by atoms with van der Waals surface area (Å²) in [6.07, 6.45) is 0. The van der Waals surface area contributed by atoms with Gasteiger partial charge in [0, 0.05) is 50.5 Å². The quantitative estimate of drug-likeness (QED) is 0.304. The summed E-state index contributed by atoms with van der Waals surface area (Å²) in [7, 11) is 0. The molecule has 0 radical (unpaired) electrons. The Morgan fingerprint density at radius 3 is 2.27 bits per heavy atom. The zero-order chi connectivity index (χ0) is 25.6. The topological polar surface area (TPSA) is 39.9 Å². The minimum Gasteiger partial charge on any atom is -0.455 e. The van der Waals surface area contributed by atoms with Crippen LogP contribution in [0.25, 0.3) is 0 Å². The molecule has 0 unspecified atom stereocenters. The number of nitrogens with zero attached hydrogens (tertiary/aromatic N) is 3. The third kappa shape index (κ3) is 6.09. The van der Waals surface area contributed by atoms with Gasteiger partial charge in [-0.1, -0.05) is 66.7 Å². The second-order valence-electron chi connectivity index (χ2n) is 9.55. The molecule has 1 saturated heterocycles. The summed E-state index contributed by atoms with van der Waals surface area (Å²) in [4.78, 5) is 19.5. The Morgan fingerprint density at radius 1 is 0.811 bits per heavy atom. The molecule has 6 heteroatoms. The van der Waals surface area contributed by atoms with Gasteiger partial charge in [-0.05, 0) is 42.3 Å². The van der Waals surface area contributed by atoms with Crippen LogP contribution in [-0.2, 0) is 19.6 Å². The van der Waals surface area contributed by atoms with Gasteiger partial charge in [-0.15, -0.1) is 0 Å². The maximum Gasteiger partial charge on any atom is 0.289 e. The first-order valence-electron chi connectivity index (χ1n) is 12.7. The molecule has 0 N–H and O–H groups in total. The van der Waals surface area contributed by atoms with Gasteiger partial charge in [0.2, 0.25) is 0 Å². The SMILES string of the molecule is Cc1ccccc1N1CCN(C(=O)c2ccc(CN(Cc3ccccc3)Cc3ccccc3F)o2)CC1. The number of hydrogen-bond acceptors (Lipinski definition) is 4. The number of halogens is 1. The molecule has 1 fully saturated rings. The maximum absolute atomic E-state index is 14.4. The van der Waals surface area contributed by atoms with Crippen LogP contribution in [0.5, 0.6) is 0 Å². The molecule has 2 heterocycles. The van der Waals surface area contributed by atoms with Gasteiger partial charge in [0.1, 0.15) is 11.6 Å². The van der Waals surface area contributed by atoms with E-state index in [-0.39, 0.29) is 11.7 Å². The van der Waals surface area contributed by atoms with Crippen LogP contribution in [0.3, 0.4) is 0 Å². The van der Waals surface area contributed by atoms with Crippen LogP contribution in [0.1, 0.15) is 33.0 Å². The summed E-state index contributed by atoms with van der Waals surface area (Å²) in [6.45, 7) is 6.54. The smallest absolute Gasteiger partial charge is 0.289 e. The predicted molar refractivity (Wildman–Crippen MR) is 144 cm³/mol. The molecule has 3 aromatic carbocycles. The molecule has 0 aliphatic carbocycles. The molecule has 5 nitrogen and oxygen atoms in total. The first kappa shape index (κ1) is 24.8. The highest BCUT2D eigenvalue weighted by Crippen LogP contribution is 2.22. The third-order valence-corrected chi connectivity index (χ3v) is 6.88. The monoisotopic (exact) mass is 497 g/mol. The standard InChI is InChI=1S/C31H32FN3O2/c1-24-9-5-8-14-29(24)34-17-19-35(20-18-34)31(36)30-16-15-27(37-30)23-33(21-25-10-3-2-4-11-25)22-26-12-6-7-13-28(26)32/h2-16H,17-23H2,1H3. The summed E-state index contributed by atoms with van der Waals surface area (Å²) < 4.78 is 20.4. The van der Waals surface area contributed by atoms with Crippen LogP contribution < -0.4 is 4.90 Å². The molecule has 0 spiro atoms. The van der Waals surface area contributed by atoms with Crippen molar-refractivity contribution < 1.29 is 13.6 Å². The van der Waals surface area contributed by atoms with Crippen molar-refractivity contribution in [2.24, 2.45) is 0 Å². The summed E-state index contributed by atoms with van der Waals surface area (Å²) in [5, 5.41) is 0. The Balaban J connectivity index is 1.24. The van der Waals surface area contributed by atoms with E-state index in [0.29, 0.717) is 49.8 Å². The van der Waals surface area contributed by atoms with E-state index in [1.165, 1.54) is 17.3 Å². The van der Waals surface area contributed by atoms with E-state index in [2.05, 4.69) is 47.1 Å². The molecule has 4 aromatic rings. The lowest BCUT2D eigenvalue weighted by molar-refractivity contribution is 0.0710. The molecule has 0 atom stereocenters. The number of amides is 1. The number of benzene rings is 3. The first-order chi connectivity index (χ1) is 18.1. The Bertz CT molecular complexity index is 1330. The van der Waals surface area contributed by atoms with Gasteiger partial charge in [-0.2, -0.15) is 0 Å². The highest BCUT2D eigenvalue weighted by atomic mass is 19.1. The number of aryl methyl sites for hydroxylation is 1. The van der Waals surface area contributed by atoms with Gasteiger partial charge in [0.15, 0.2) is 5.76 Å². The summed E-state index contributed by atoms with van der Waals surface area (Å²) in [6, 6.07) is 28.9. The highest BCUT2D eigenvalue weighted by molar-refractivity contribution is 5.91. The molecule has 5 rings (SSSR count). The molecule has 0 bridgehead atoms. The van der Waals surface area contributed by atoms with E-state index in [9.17, 15) is 9.18 Å². The summed E-state index contributed by atoms with van der Waals surface area (Å²) >= 11 is 0. The number of rotatable bonds is 8. The minimum absolute atomic E-state index is 0.0839. The normalized spacial score (nSPS) is 13.8. The molecule has 1 aliphatic rings. The van der Waals surface area contributed by atoms with Gasteiger partial charge >= 0.3 is 0 Å². The molecule has 1 aromatic heterocycles. The van der Waals surface area contributed by atoms with Crippen LogP contribution in [0.4, 0.5) is 10.1 Å². The van der Waals surface area contributed by atoms with Crippen molar-refractivity contribution in [3.63, 3.8) is 0 Å². The summed E-state index contributed by atoms with van der Waals surface area (Å²) in [5.41, 5.74) is 4.23. The van der Waals surface area contributed by atoms with Crippen molar-refractivity contribution in [3.8, 4) is 0 Å². The molecule has 1 amide bonds. The van der Waals surface area contributed by atoms with Crippen molar-refractivity contribution in [2.75, 3.05) is 31.1 Å². The Kier molecular flexibility index (Phi) is 7.66. The van der Waals surface area contributed by atoms with Crippen molar-refractivity contribution in [3.05, 3.63) is 125 Å². The van der Waals surface area contributed by atoms with E-state index in [4.69, 9.17) is 4.42 Å². The van der Waals surface area contributed by atoms with Crippen LogP contribution in [0.15, 0.2) is 95.4 Å². The first-order valence-corrected chi connectivity index (χ1v) is 12.7. The summed E-state index contributed by atoms with van der Waals surface area (Å²) in [5.74, 6) is 0.735. The lowest BCUT2D eigenvalue weighted by Gasteiger charge is -2.36. The molecule has 1 aliphatic heterocycles.